The summed E-state index contributed by atoms with van der Waals surface area (Å²) in [5.41, 5.74) is -1.88. The monoisotopic (exact) mass is 433 g/mol. The largest absolute Gasteiger partial charge is 0.506 e. The number of fused-ring (bicyclic) bond motifs is 1. The van der Waals surface area contributed by atoms with E-state index in [0.29, 0.717) is 10.8 Å². The van der Waals surface area contributed by atoms with E-state index < -0.39 is 46.1 Å². The highest BCUT2D eigenvalue weighted by atomic mass is 19.2. The van der Waals surface area contributed by atoms with Crippen molar-refractivity contribution in [2.45, 2.75) is 6.92 Å². The summed E-state index contributed by atoms with van der Waals surface area (Å²) in [4.78, 5) is 16.2. The molecule has 9 heteroatoms. The van der Waals surface area contributed by atoms with E-state index >= 15 is 0 Å². The van der Waals surface area contributed by atoms with Gasteiger partial charge in [-0.2, -0.15) is 0 Å². The molecule has 0 fully saturated rings. The van der Waals surface area contributed by atoms with Gasteiger partial charge >= 0.3 is 5.97 Å². The van der Waals surface area contributed by atoms with E-state index in [1.54, 1.807) is 24.3 Å². The number of ether oxygens (including phenoxy) is 1. The highest BCUT2D eigenvalue weighted by molar-refractivity contribution is 6.15. The van der Waals surface area contributed by atoms with Gasteiger partial charge in [-0.25, -0.2) is 22.4 Å². The van der Waals surface area contributed by atoms with Crippen molar-refractivity contribution >= 4 is 34.4 Å². The number of rotatable bonds is 5. The number of carbonyl (C=O) groups excluding carboxylic acids is 1. The number of carbonyl (C=O) groups is 1. The van der Waals surface area contributed by atoms with Crippen molar-refractivity contribution < 1.29 is 37.3 Å². The summed E-state index contributed by atoms with van der Waals surface area (Å²) in [6.45, 7) is 1.32. The normalized spacial score (nSPS) is 12.3. The van der Waals surface area contributed by atoms with Gasteiger partial charge in [0.25, 0.3) is 0 Å². The van der Waals surface area contributed by atoms with E-state index in [1.807, 2.05) is 0 Å². The average Bonchev–Trinajstić information content (AvgIpc) is 2.75. The van der Waals surface area contributed by atoms with Crippen LogP contribution < -0.4 is 0 Å². The molecule has 3 rings (SSSR count). The minimum atomic E-state index is -2.16. The number of aliphatic imine (C=N–C) groups is 1. The van der Waals surface area contributed by atoms with Crippen LogP contribution in [0.4, 0.5) is 23.2 Å². The molecule has 0 spiro atoms. The van der Waals surface area contributed by atoms with Crippen LogP contribution in [0, 0.1) is 23.3 Å². The van der Waals surface area contributed by atoms with Crippen LogP contribution in [0.25, 0.3) is 16.5 Å². The number of hydrogen-bond acceptors (Lipinski definition) is 5. The van der Waals surface area contributed by atoms with Gasteiger partial charge < -0.3 is 14.9 Å². The van der Waals surface area contributed by atoms with Crippen LogP contribution in [-0.2, 0) is 9.53 Å². The van der Waals surface area contributed by atoms with Gasteiger partial charge in [0.15, 0.2) is 23.3 Å². The van der Waals surface area contributed by atoms with Crippen LogP contribution in [-0.4, -0.2) is 29.0 Å². The molecule has 31 heavy (non-hydrogen) atoms. The highest BCUT2D eigenvalue weighted by Gasteiger charge is 2.25. The molecule has 0 amide bonds. The zero-order valence-corrected chi connectivity index (χ0v) is 16.0. The van der Waals surface area contributed by atoms with Crippen LogP contribution in [0.1, 0.15) is 12.5 Å². The summed E-state index contributed by atoms with van der Waals surface area (Å²) >= 11 is 0. The lowest BCUT2D eigenvalue weighted by Crippen LogP contribution is -2.12. The lowest BCUT2D eigenvalue weighted by Gasteiger charge is -2.09. The molecule has 0 aromatic heterocycles. The van der Waals surface area contributed by atoms with Gasteiger partial charge in [0, 0.05) is 6.21 Å². The number of benzene rings is 3. The maximum Gasteiger partial charge on any atom is 0.343 e. The van der Waals surface area contributed by atoms with Crippen molar-refractivity contribution in [1.82, 2.24) is 0 Å². The van der Waals surface area contributed by atoms with E-state index in [1.165, 1.54) is 19.1 Å². The molecule has 0 radical (unpaired) electrons. The number of aliphatic hydroxyl groups excluding tert-OH is 1. The molecule has 0 saturated heterocycles. The maximum atomic E-state index is 14.1. The van der Waals surface area contributed by atoms with Gasteiger partial charge in [-0.3, -0.25) is 4.99 Å². The summed E-state index contributed by atoms with van der Waals surface area (Å²) in [5, 5.41) is 21.9. The van der Waals surface area contributed by atoms with E-state index in [0.717, 1.165) is 6.21 Å². The molecule has 0 aliphatic carbocycles. The molecule has 160 valence electrons. The Morgan fingerprint density at radius 2 is 1.68 bits per heavy atom. The Balaban J connectivity index is 2.15. The first-order valence-electron chi connectivity index (χ1n) is 8.94. The second-order valence-corrected chi connectivity index (χ2v) is 6.28. The molecule has 0 bridgehead atoms. The van der Waals surface area contributed by atoms with Crippen molar-refractivity contribution in [2.75, 3.05) is 6.61 Å². The van der Waals surface area contributed by atoms with Gasteiger partial charge in [-0.05, 0) is 35.9 Å². The molecule has 0 aliphatic rings. The SMILES string of the molecule is CCOC(=O)/C(C=Nc1cc2ccccc2cc1O)=C(\O)c1cc(F)c(F)c(F)c1F. The fourth-order valence-corrected chi connectivity index (χ4v) is 2.76. The first kappa shape index (κ1) is 21.8. The fourth-order valence-electron chi connectivity index (χ4n) is 2.76. The minimum absolute atomic E-state index is 0.00904. The van der Waals surface area contributed by atoms with Crippen molar-refractivity contribution in [1.29, 1.82) is 0 Å². The van der Waals surface area contributed by atoms with Crippen molar-refractivity contribution in [3.8, 4) is 5.75 Å². The summed E-state index contributed by atoms with van der Waals surface area (Å²) in [7, 11) is 0. The Labute approximate surface area is 173 Å². The first-order valence-corrected chi connectivity index (χ1v) is 8.94. The van der Waals surface area contributed by atoms with E-state index in [-0.39, 0.29) is 24.1 Å². The van der Waals surface area contributed by atoms with Crippen molar-refractivity contribution in [3.63, 3.8) is 0 Å². The number of nitrogens with zero attached hydrogens (tertiary/aromatic N) is 1. The average molecular weight is 433 g/mol. The summed E-state index contributed by atoms with van der Waals surface area (Å²) < 4.78 is 59.2. The third kappa shape index (κ3) is 4.35. The molecule has 0 unspecified atom stereocenters. The number of halogens is 4. The quantitative estimate of drug-likeness (QED) is 0.108. The van der Waals surface area contributed by atoms with Crippen LogP contribution in [0.5, 0.6) is 5.75 Å². The Morgan fingerprint density at radius 1 is 1.03 bits per heavy atom. The van der Waals surface area contributed by atoms with Crippen LogP contribution in [0.3, 0.4) is 0 Å². The van der Waals surface area contributed by atoms with Crippen molar-refractivity contribution in [3.05, 3.63) is 76.9 Å². The second kappa shape index (κ2) is 8.86. The Bertz CT molecular complexity index is 1240. The second-order valence-electron chi connectivity index (χ2n) is 6.28. The van der Waals surface area contributed by atoms with Crippen LogP contribution in [0.15, 0.2) is 53.0 Å². The summed E-state index contributed by atoms with van der Waals surface area (Å²) in [6.07, 6.45) is 0.746. The van der Waals surface area contributed by atoms with Gasteiger partial charge in [0.2, 0.25) is 0 Å². The zero-order chi connectivity index (χ0) is 22.7. The van der Waals surface area contributed by atoms with Gasteiger partial charge in [-0.1, -0.05) is 24.3 Å². The number of phenolic OH excluding ortho intramolecular Hbond substituents is 1. The van der Waals surface area contributed by atoms with Crippen LogP contribution >= 0.6 is 0 Å². The number of aromatic hydroxyl groups is 1. The van der Waals surface area contributed by atoms with E-state index in [2.05, 4.69) is 4.99 Å². The Kier molecular flexibility index (Phi) is 6.24. The molecule has 2 N–H and O–H groups in total. The molecule has 3 aromatic rings. The lowest BCUT2D eigenvalue weighted by atomic mass is 10.1. The third-order valence-corrected chi connectivity index (χ3v) is 4.28. The summed E-state index contributed by atoms with van der Waals surface area (Å²) in [5.74, 6) is -10.6. The molecule has 0 aliphatic heterocycles. The van der Waals surface area contributed by atoms with Gasteiger partial charge in [-0.15, -0.1) is 0 Å². The fraction of sp³-hybridized carbons (Fsp3) is 0.0909. The molecular formula is C22H15F4NO4. The molecular weight excluding hydrogens is 418 g/mol. The predicted octanol–water partition coefficient (Wildman–Crippen LogP) is 5.34. The first-order chi connectivity index (χ1) is 14.7. The summed E-state index contributed by atoms with van der Waals surface area (Å²) in [6, 6.07) is 10.1. The Hall–Kier alpha value is -3.88. The van der Waals surface area contributed by atoms with Gasteiger partial charge in [0.05, 0.1) is 12.2 Å². The smallest absolute Gasteiger partial charge is 0.343 e. The zero-order valence-electron chi connectivity index (χ0n) is 16.0. The van der Waals surface area contributed by atoms with Crippen molar-refractivity contribution in [2.24, 2.45) is 4.99 Å². The minimum Gasteiger partial charge on any atom is -0.506 e. The molecule has 0 atom stereocenters. The third-order valence-electron chi connectivity index (χ3n) is 4.28. The standard InChI is InChI=1S/C22H15F4NO4/c1-2-31-22(30)14(21(29)13-9-15(23)19(25)20(26)18(13)24)10-27-16-7-11-5-3-4-6-12(11)8-17(16)28/h3-10,28-29H,2H2,1H3/b21-14-,27-10?. The number of esters is 1. The Morgan fingerprint density at radius 3 is 2.32 bits per heavy atom. The molecule has 0 heterocycles. The lowest BCUT2D eigenvalue weighted by molar-refractivity contribution is -0.137. The van der Waals surface area contributed by atoms with E-state index in [9.17, 15) is 32.6 Å². The molecule has 5 nitrogen and oxygen atoms in total. The van der Waals surface area contributed by atoms with E-state index in [4.69, 9.17) is 4.74 Å². The topological polar surface area (TPSA) is 79.1 Å². The highest BCUT2D eigenvalue weighted by Crippen LogP contribution is 2.32. The number of aliphatic hydroxyl groups is 1. The van der Waals surface area contributed by atoms with Crippen LogP contribution in [0.2, 0.25) is 0 Å². The number of phenols is 1. The molecule has 0 saturated carbocycles. The molecule has 3 aromatic carbocycles. The predicted molar refractivity (Wildman–Crippen MR) is 106 cm³/mol. The number of hydrogen-bond donors (Lipinski definition) is 2. The van der Waals surface area contributed by atoms with Gasteiger partial charge in [0.1, 0.15) is 22.8 Å². The maximum absolute atomic E-state index is 14.1.